The van der Waals surface area contributed by atoms with E-state index in [4.69, 9.17) is 0 Å². The molecule has 1 aromatic carbocycles. The molecule has 2 rings (SSSR count). The highest BCUT2D eigenvalue weighted by molar-refractivity contribution is 9.10. The van der Waals surface area contributed by atoms with Gasteiger partial charge in [0.25, 0.3) is 0 Å². The van der Waals surface area contributed by atoms with Crippen LogP contribution < -0.4 is 10.2 Å². The monoisotopic (exact) mass is 298 g/mol. The lowest BCUT2D eigenvalue weighted by atomic mass is 10.2. The number of nitrogens with one attached hydrogen (secondary N) is 1. The maximum Gasteiger partial charge on any atom is 0.245 e. The summed E-state index contributed by atoms with van der Waals surface area (Å²) in [4.78, 5) is 13.7. The molecule has 1 amide bonds. The average molecular weight is 299 g/mol. The van der Waals surface area contributed by atoms with Crippen LogP contribution in [0.5, 0.6) is 0 Å². The highest BCUT2D eigenvalue weighted by Crippen LogP contribution is 2.23. The number of aliphatic hydroxyl groups excluding tert-OH is 1. The van der Waals surface area contributed by atoms with Gasteiger partial charge in [-0.25, -0.2) is 0 Å². The standard InChI is InChI=1S/C12H15BrN2O2/c13-9-3-1-4-10(7-9)15-6-2-5-14-12(17)11(15)8-16/h1,3-4,7,11,16H,2,5-6,8H2,(H,14,17). The van der Waals surface area contributed by atoms with Crippen LogP contribution in [-0.2, 0) is 4.79 Å². The summed E-state index contributed by atoms with van der Waals surface area (Å²) in [5, 5.41) is 12.2. The van der Waals surface area contributed by atoms with Crippen molar-refractivity contribution in [3.05, 3.63) is 28.7 Å². The van der Waals surface area contributed by atoms with E-state index in [0.717, 1.165) is 23.1 Å². The highest BCUT2D eigenvalue weighted by Gasteiger charge is 2.27. The molecule has 1 fully saturated rings. The zero-order valence-electron chi connectivity index (χ0n) is 9.40. The molecule has 0 aromatic heterocycles. The summed E-state index contributed by atoms with van der Waals surface area (Å²) < 4.78 is 0.969. The van der Waals surface area contributed by atoms with Crippen LogP contribution in [0.25, 0.3) is 0 Å². The second-order valence-electron chi connectivity index (χ2n) is 4.02. The topological polar surface area (TPSA) is 52.6 Å². The number of amides is 1. The van der Waals surface area contributed by atoms with Gasteiger partial charge in [0.2, 0.25) is 5.91 Å². The van der Waals surface area contributed by atoms with Gasteiger partial charge in [-0.2, -0.15) is 0 Å². The summed E-state index contributed by atoms with van der Waals surface area (Å²) in [7, 11) is 0. The van der Waals surface area contributed by atoms with E-state index in [9.17, 15) is 9.90 Å². The molecule has 0 saturated carbocycles. The Bertz CT molecular complexity index is 411. The van der Waals surface area contributed by atoms with E-state index < -0.39 is 6.04 Å². The van der Waals surface area contributed by atoms with Gasteiger partial charge in [-0.15, -0.1) is 0 Å². The van der Waals surface area contributed by atoms with E-state index in [1.54, 1.807) is 0 Å². The molecule has 1 aromatic rings. The number of carbonyl (C=O) groups is 1. The fraction of sp³-hybridized carbons (Fsp3) is 0.417. The van der Waals surface area contributed by atoms with Crippen LogP contribution in [0.3, 0.4) is 0 Å². The number of nitrogens with zero attached hydrogens (tertiary/aromatic N) is 1. The third-order valence-corrected chi connectivity index (χ3v) is 3.36. The third-order valence-electron chi connectivity index (χ3n) is 2.87. The van der Waals surface area contributed by atoms with E-state index in [1.807, 2.05) is 29.2 Å². The van der Waals surface area contributed by atoms with Crippen molar-refractivity contribution in [3.8, 4) is 0 Å². The fourth-order valence-electron chi connectivity index (χ4n) is 2.02. The van der Waals surface area contributed by atoms with Crippen molar-refractivity contribution >= 4 is 27.5 Å². The summed E-state index contributed by atoms with van der Waals surface area (Å²) in [6.45, 7) is 1.26. The molecule has 0 spiro atoms. The van der Waals surface area contributed by atoms with Crippen molar-refractivity contribution < 1.29 is 9.90 Å². The van der Waals surface area contributed by atoms with Gasteiger partial charge in [-0.1, -0.05) is 22.0 Å². The number of hydrogen-bond donors (Lipinski definition) is 2. The van der Waals surface area contributed by atoms with Gasteiger partial charge in [0.1, 0.15) is 6.04 Å². The number of hydrogen-bond acceptors (Lipinski definition) is 3. The zero-order valence-corrected chi connectivity index (χ0v) is 11.0. The fourth-order valence-corrected chi connectivity index (χ4v) is 2.41. The Morgan fingerprint density at radius 3 is 3.06 bits per heavy atom. The first-order chi connectivity index (χ1) is 8.22. The van der Waals surface area contributed by atoms with E-state index >= 15 is 0 Å². The van der Waals surface area contributed by atoms with Gasteiger partial charge >= 0.3 is 0 Å². The van der Waals surface area contributed by atoms with Gasteiger partial charge in [0.15, 0.2) is 0 Å². The zero-order chi connectivity index (χ0) is 12.3. The minimum Gasteiger partial charge on any atom is -0.394 e. The van der Waals surface area contributed by atoms with E-state index in [0.29, 0.717) is 6.54 Å². The van der Waals surface area contributed by atoms with E-state index in [-0.39, 0.29) is 12.5 Å². The van der Waals surface area contributed by atoms with Crippen molar-refractivity contribution in [1.29, 1.82) is 0 Å². The van der Waals surface area contributed by atoms with Crippen molar-refractivity contribution in [1.82, 2.24) is 5.32 Å². The first-order valence-electron chi connectivity index (χ1n) is 5.63. The summed E-state index contributed by atoms with van der Waals surface area (Å²) in [5.74, 6) is -0.107. The molecule has 1 aliphatic rings. The molecule has 1 atom stereocenters. The van der Waals surface area contributed by atoms with Crippen LogP contribution in [-0.4, -0.2) is 36.8 Å². The first-order valence-corrected chi connectivity index (χ1v) is 6.42. The summed E-state index contributed by atoms with van der Waals surface area (Å²) in [5.41, 5.74) is 0.954. The van der Waals surface area contributed by atoms with Gasteiger partial charge in [-0.05, 0) is 24.6 Å². The Kier molecular flexibility index (Phi) is 4.02. The number of halogens is 1. The summed E-state index contributed by atoms with van der Waals surface area (Å²) in [6.07, 6.45) is 0.884. The van der Waals surface area contributed by atoms with Gasteiger partial charge < -0.3 is 15.3 Å². The van der Waals surface area contributed by atoms with Crippen molar-refractivity contribution in [2.75, 3.05) is 24.6 Å². The minimum absolute atomic E-state index is 0.107. The number of aliphatic hydroxyl groups is 1. The Morgan fingerprint density at radius 2 is 2.35 bits per heavy atom. The van der Waals surface area contributed by atoms with Crippen LogP contribution in [0, 0.1) is 0 Å². The van der Waals surface area contributed by atoms with E-state index in [2.05, 4.69) is 21.2 Å². The predicted octanol–water partition coefficient (Wildman–Crippen LogP) is 1.14. The van der Waals surface area contributed by atoms with Gasteiger partial charge in [0.05, 0.1) is 6.61 Å². The molecule has 0 radical (unpaired) electrons. The van der Waals surface area contributed by atoms with E-state index in [1.165, 1.54) is 0 Å². The molecule has 2 N–H and O–H groups in total. The molecule has 0 aliphatic carbocycles. The smallest absolute Gasteiger partial charge is 0.245 e. The number of rotatable bonds is 2. The largest absolute Gasteiger partial charge is 0.394 e. The maximum absolute atomic E-state index is 11.8. The number of anilines is 1. The number of carbonyl (C=O) groups excluding carboxylic acids is 1. The summed E-state index contributed by atoms with van der Waals surface area (Å²) >= 11 is 3.42. The Morgan fingerprint density at radius 1 is 1.53 bits per heavy atom. The molecule has 1 saturated heterocycles. The molecular weight excluding hydrogens is 284 g/mol. The third kappa shape index (κ3) is 2.79. The second-order valence-corrected chi connectivity index (χ2v) is 4.93. The van der Waals surface area contributed by atoms with Crippen LogP contribution in [0.4, 0.5) is 5.69 Å². The number of benzene rings is 1. The molecule has 92 valence electrons. The normalized spacial score (nSPS) is 20.9. The van der Waals surface area contributed by atoms with Crippen LogP contribution >= 0.6 is 15.9 Å². The molecule has 4 nitrogen and oxygen atoms in total. The van der Waals surface area contributed by atoms with Crippen molar-refractivity contribution in [3.63, 3.8) is 0 Å². The lowest BCUT2D eigenvalue weighted by Gasteiger charge is -2.29. The molecule has 17 heavy (non-hydrogen) atoms. The van der Waals surface area contributed by atoms with Crippen LogP contribution in [0.2, 0.25) is 0 Å². The second kappa shape index (κ2) is 5.51. The first kappa shape index (κ1) is 12.4. The lowest BCUT2D eigenvalue weighted by Crippen LogP contribution is -2.46. The van der Waals surface area contributed by atoms with Crippen molar-refractivity contribution in [2.24, 2.45) is 0 Å². The molecule has 1 unspecified atom stereocenters. The molecule has 1 heterocycles. The highest BCUT2D eigenvalue weighted by atomic mass is 79.9. The van der Waals surface area contributed by atoms with Crippen LogP contribution in [0.15, 0.2) is 28.7 Å². The van der Waals surface area contributed by atoms with Crippen LogP contribution in [0.1, 0.15) is 6.42 Å². The lowest BCUT2D eigenvalue weighted by molar-refractivity contribution is -0.122. The maximum atomic E-state index is 11.8. The van der Waals surface area contributed by atoms with Crippen molar-refractivity contribution in [2.45, 2.75) is 12.5 Å². The molecule has 1 aliphatic heterocycles. The molecular formula is C12H15BrN2O2. The predicted molar refractivity (Wildman–Crippen MR) is 70.0 cm³/mol. The molecule has 5 heteroatoms. The minimum atomic E-state index is -0.494. The Labute approximate surface area is 109 Å². The quantitative estimate of drug-likeness (QED) is 0.861. The van der Waals surface area contributed by atoms with Gasteiger partial charge in [0, 0.05) is 23.2 Å². The molecule has 0 bridgehead atoms. The van der Waals surface area contributed by atoms with Gasteiger partial charge in [-0.3, -0.25) is 4.79 Å². The Hall–Kier alpha value is -1.07. The SMILES string of the molecule is O=C1NCCCN(c2cccc(Br)c2)C1CO. The average Bonchev–Trinajstić information content (AvgIpc) is 2.50. The Balaban J connectivity index is 2.30. The summed E-state index contributed by atoms with van der Waals surface area (Å²) in [6, 6.07) is 7.28.